The highest BCUT2D eigenvalue weighted by atomic mass is 35.5. The maximum atomic E-state index is 12.1. The molecule has 0 N–H and O–H groups in total. The van der Waals surface area contributed by atoms with E-state index < -0.39 is 5.97 Å². The van der Waals surface area contributed by atoms with E-state index in [1.54, 1.807) is 50.6 Å². The second-order valence-electron chi connectivity index (χ2n) is 5.09. The van der Waals surface area contributed by atoms with E-state index in [1.165, 1.54) is 0 Å². The van der Waals surface area contributed by atoms with Gasteiger partial charge in [0.05, 0.1) is 19.8 Å². The summed E-state index contributed by atoms with van der Waals surface area (Å²) in [7, 11) is 3.12. The first-order valence-corrected chi connectivity index (χ1v) is 7.62. The molecule has 0 aromatic heterocycles. The van der Waals surface area contributed by atoms with Crippen molar-refractivity contribution in [2.24, 2.45) is 0 Å². The van der Waals surface area contributed by atoms with E-state index in [4.69, 9.17) is 25.8 Å². The van der Waals surface area contributed by atoms with Crippen LogP contribution in [0, 0.1) is 0 Å². The third kappa shape index (κ3) is 3.14. The second-order valence-corrected chi connectivity index (χ2v) is 5.50. The first kappa shape index (κ1) is 16.1. The van der Waals surface area contributed by atoms with Gasteiger partial charge in [0.15, 0.2) is 11.5 Å². The Balaban J connectivity index is 1.96. The van der Waals surface area contributed by atoms with E-state index >= 15 is 0 Å². The van der Waals surface area contributed by atoms with Crippen LogP contribution in [-0.4, -0.2) is 20.2 Å². The van der Waals surface area contributed by atoms with Crippen molar-refractivity contribution < 1.29 is 19.0 Å². The third-order valence-corrected chi connectivity index (χ3v) is 3.95. The van der Waals surface area contributed by atoms with Crippen LogP contribution in [0.1, 0.15) is 11.1 Å². The largest absolute Gasteiger partial charge is 0.493 e. The smallest absolute Gasteiger partial charge is 0.343 e. The quantitative estimate of drug-likeness (QED) is 0.612. The lowest BCUT2D eigenvalue weighted by atomic mass is 10.1. The van der Waals surface area contributed by atoms with Crippen LogP contribution >= 0.6 is 11.6 Å². The van der Waals surface area contributed by atoms with Gasteiger partial charge in [0.25, 0.3) is 0 Å². The fraction of sp³-hybridized carbons (Fsp3) is 0.105. The maximum absolute atomic E-state index is 12.1. The van der Waals surface area contributed by atoms with E-state index in [0.717, 1.165) is 11.1 Å². The average Bonchev–Trinajstić information content (AvgIpc) is 2.97. The van der Waals surface area contributed by atoms with Gasteiger partial charge in [-0.05, 0) is 42.0 Å². The van der Waals surface area contributed by atoms with Crippen molar-refractivity contribution in [3.63, 3.8) is 0 Å². The molecule has 2 aromatic carbocycles. The minimum Gasteiger partial charge on any atom is -0.493 e. The zero-order valence-electron chi connectivity index (χ0n) is 13.2. The lowest BCUT2D eigenvalue weighted by molar-refractivity contribution is -0.130. The van der Waals surface area contributed by atoms with Crippen molar-refractivity contribution in [2.75, 3.05) is 14.2 Å². The van der Waals surface area contributed by atoms with Gasteiger partial charge in [-0.3, -0.25) is 0 Å². The van der Waals surface area contributed by atoms with Gasteiger partial charge in [-0.15, -0.1) is 0 Å². The molecule has 0 bridgehead atoms. The number of benzene rings is 2. The fourth-order valence-corrected chi connectivity index (χ4v) is 2.57. The Labute approximate surface area is 144 Å². The van der Waals surface area contributed by atoms with Gasteiger partial charge < -0.3 is 14.2 Å². The molecule has 4 nitrogen and oxygen atoms in total. The number of esters is 1. The molecule has 1 aliphatic heterocycles. The Hall–Kier alpha value is -2.72. The van der Waals surface area contributed by atoms with Crippen LogP contribution in [0.5, 0.6) is 11.5 Å². The number of carbonyl (C=O) groups excluding carboxylic acids is 1. The maximum Gasteiger partial charge on any atom is 0.343 e. The number of carbonyl (C=O) groups is 1. The van der Waals surface area contributed by atoms with Crippen LogP contribution in [0.15, 0.2) is 54.1 Å². The van der Waals surface area contributed by atoms with Crippen molar-refractivity contribution in [1.82, 2.24) is 0 Å². The molecule has 0 unspecified atom stereocenters. The lowest BCUT2D eigenvalue weighted by Gasteiger charge is -2.09. The Kier molecular flexibility index (Phi) is 4.58. The van der Waals surface area contributed by atoms with E-state index in [0.29, 0.717) is 27.9 Å². The summed E-state index contributed by atoms with van der Waals surface area (Å²) in [6, 6.07) is 12.6. The van der Waals surface area contributed by atoms with E-state index in [1.807, 2.05) is 18.2 Å². The summed E-state index contributed by atoms with van der Waals surface area (Å²) in [5.41, 5.74) is 1.92. The number of rotatable bonds is 4. The Morgan fingerprint density at radius 1 is 1.04 bits per heavy atom. The molecule has 24 heavy (non-hydrogen) atoms. The molecule has 1 heterocycles. The standard InChI is InChI=1S/C19H15ClO4/c1-22-16-8-7-13(10-18(16)23-2)17-11-14(19(21)24-17)9-12-5-3-4-6-15(12)20/h3-11H,1-2H3. The molecule has 0 atom stereocenters. The van der Waals surface area contributed by atoms with Crippen molar-refractivity contribution in [1.29, 1.82) is 0 Å². The van der Waals surface area contributed by atoms with Crippen LogP contribution in [-0.2, 0) is 9.53 Å². The van der Waals surface area contributed by atoms with E-state index in [2.05, 4.69) is 0 Å². The Morgan fingerprint density at radius 2 is 1.79 bits per heavy atom. The molecule has 5 heteroatoms. The molecule has 3 rings (SSSR count). The van der Waals surface area contributed by atoms with Gasteiger partial charge in [-0.25, -0.2) is 4.79 Å². The van der Waals surface area contributed by atoms with Gasteiger partial charge in [0.1, 0.15) is 5.76 Å². The molecule has 0 amide bonds. The van der Waals surface area contributed by atoms with E-state index in [-0.39, 0.29) is 0 Å². The molecular formula is C19H15ClO4. The summed E-state index contributed by atoms with van der Waals surface area (Å²) < 4.78 is 15.8. The van der Waals surface area contributed by atoms with Crippen molar-refractivity contribution in [3.05, 3.63) is 70.3 Å². The summed E-state index contributed by atoms with van der Waals surface area (Å²) in [5, 5.41) is 0.575. The van der Waals surface area contributed by atoms with Crippen molar-refractivity contribution >= 4 is 29.4 Å². The van der Waals surface area contributed by atoms with Crippen LogP contribution in [0.3, 0.4) is 0 Å². The monoisotopic (exact) mass is 342 g/mol. The van der Waals surface area contributed by atoms with Crippen molar-refractivity contribution in [3.8, 4) is 11.5 Å². The summed E-state index contributed by atoms with van der Waals surface area (Å²) in [6.07, 6.45) is 3.39. The Bertz CT molecular complexity index is 852. The normalized spacial score (nSPS) is 15.2. The molecule has 122 valence electrons. The number of ether oxygens (including phenoxy) is 3. The number of cyclic esters (lactones) is 1. The molecule has 0 saturated heterocycles. The van der Waals surface area contributed by atoms with Gasteiger partial charge in [-0.1, -0.05) is 29.8 Å². The number of halogens is 1. The minimum absolute atomic E-state index is 0.417. The summed E-state index contributed by atoms with van der Waals surface area (Å²) in [5.74, 6) is 1.22. The highest BCUT2D eigenvalue weighted by Gasteiger charge is 2.23. The van der Waals surface area contributed by atoms with Crippen LogP contribution < -0.4 is 9.47 Å². The highest BCUT2D eigenvalue weighted by Crippen LogP contribution is 2.34. The van der Waals surface area contributed by atoms with Crippen LogP contribution in [0.25, 0.3) is 11.8 Å². The highest BCUT2D eigenvalue weighted by molar-refractivity contribution is 6.32. The summed E-state index contributed by atoms with van der Waals surface area (Å²) >= 11 is 6.13. The topological polar surface area (TPSA) is 44.8 Å². The molecule has 0 radical (unpaired) electrons. The number of methoxy groups -OCH3 is 2. The average molecular weight is 343 g/mol. The molecule has 0 fully saturated rings. The van der Waals surface area contributed by atoms with Gasteiger partial charge >= 0.3 is 5.97 Å². The molecular weight excluding hydrogens is 328 g/mol. The van der Waals surface area contributed by atoms with Gasteiger partial charge in [-0.2, -0.15) is 0 Å². The summed E-state index contributed by atoms with van der Waals surface area (Å²) in [4.78, 5) is 12.1. The summed E-state index contributed by atoms with van der Waals surface area (Å²) in [6.45, 7) is 0. The Morgan fingerprint density at radius 3 is 2.50 bits per heavy atom. The van der Waals surface area contributed by atoms with Crippen molar-refractivity contribution in [2.45, 2.75) is 0 Å². The SMILES string of the molecule is COc1ccc(C2=CC(=Cc3ccccc3Cl)C(=O)O2)cc1OC. The van der Waals surface area contributed by atoms with Crippen LogP contribution in [0.4, 0.5) is 0 Å². The van der Waals surface area contributed by atoms with Crippen LogP contribution in [0.2, 0.25) is 5.02 Å². The fourth-order valence-electron chi connectivity index (χ4n) is 2.38. The number of hydrogen-bond donors (Lipinski definition) is 0. The molecule has 0 aliphatic carbocycles. The number of hydrogen-bond acceptors (Lipinski definition) is 4. The predicted octanol–water partition coefficient (Wildman–Crippen LogP) is 4.34. The first-order chi connectivity index (χ1) is 11.6. The molecule has 2 aromatic rings. The first-order valence-electron chi connectivity index (χ1n) is 7.25. The molecule has 0 saturated carbocycles. The zero-order chi connectivity index (χ0) is 17.1. The third-order valence-electron chi connectivity index (χ3n) is 3.61. The van der Waals surface area contributed by atoms with E-state index in [9.17, 15) is 4.79 Å². The van der Waals surface area contributed by atoms with Gasteiger partial charge in [0.2, 0.25) is 0 Å². The van der Waals surface area contributed by atoms with Gasteiger partial charge in [0, 0.05) is 10.6 Å². The minimum atomic E-state index is -0.417. The second kappa shape index (κ2) is 6.81. The predicted molar refractivity (Wildman–Crippen MR) is 93.0 cm³/mol. The lowest BCUT2D eigenvalue weighted by Crippen LogP contribution is -1.98. The molecule has 0 spiro atoms. The zero-order valence-corrected chi connectivity index (χ0v) is 14.0. The molecule has 1 aliphatic rings.